The van der Waals surface area contributed by atoms with Crippen LogP contribution >= 0.6 is 0 Å². The molecule has 0 bridgehead atoms. The second-order valence-corrected chi connectivity index (χ2v) is 8.15. The predicted octanol–water partition coefficient (Wildman–Crippen LogP) is 5.56. The Kier molecular flexibility index (Phi) is 19.8. The minimum Gasteiger partial charge on any atom is -0.480 e. The number of carbonyl (C=O) groups excluding carboxylic acids is 1. The molecule has 0 spiro atoms. The molecule has 0 aliphatic rings. The molecule has 0 rings (SSSR count). The molecular weight excluding hydrogens is 352 g/mol. The standard InChI is InChI=1S/C23H46N2O3/c1-2-3-4-5-6-7-8-9-10-11-12-13-14-15-16-17-20-25-21(23(27)28)18-19-22(24)26/h21,25H,2-20H2,1H3,(H2,24,26)(H,27,28). The van der Waals surface area contributed by atoms with E-state index in [-0.39, 0.29) is 12.8 Å². The van der Waals surface area contributed by atoms with Gasteiger partial charge in [-0.2, -0.15) is 0 Å². The van der Waals surface area contributed by atoms with Crippen molar-refractivity contribution in [1.29, 1.82) is 0 Å². The van der Waals surface area contributed by atoms with Gasteiger partial charge < -0.3 is 16.2 Å². The van der Waals surface area contributed by atoms with E-state index < -0.39 is 17.9 Å². The van der Waals surface area contributed by atoms with Crippen LogP contribution in [0.3, 0.4) is 0 Å². The van der Waals surface area contributed by atoms with Gasteiger partial charge in [-0.15, -0.1) is 0 Å². The minimum atomic E-state index is -0.905. The van der Waals surface area contributed by atoms with Gasteiger partial charge in [0, 0.05) is 6.42 Å². The molecule has 1 atom stereocenters. The largest absolute Gasteiger partial charge is 0.480 e. The molecule has 0 aliphatic heterocycles. The third-order valence-electron chi connectivity index (χ3n) is 5.40. The van der Waals surface area contributed by atoms with Gasteiger partial charge in [-0.05, 0) is 19.4 Å². The van der Waals surface area contributed by atoms with Crippen LogP contribution in [0.15, 0.2) is 0 Å². The van der Waals surface area contributed by atoms with Crippen molar-refractivity contribution >= 4 is 11.9 Å². The number of primary amides is 1. The summed E-state index contributed by atoms with van der Waals surface area (Å²) >= 11 is 0. The Balaban J connectivity index is 3.28. The summed E-state index contributed by atoms with van der Waals surface area (Å²) < 4.78 is 0. The van der Waals surface area contributed by atoms with E-state index in [1.54, 1.807) is 0 Å². The maximum Gasteiger partial charge on any atom is 0.320 e. The first-order chi connectivity index (χ1) is 13.6. The van der Waals surface area contributed by atoms with Gasteiger partial charge in [-0.25, -0.2) is 0 Å². The molecule has 0 aromatic carbocycles. The fourth-order valence-corrected chi connectivity index (χ4v) is 3.55. The maximum atomic E-state index is 11.1. The first kappa shape index (κ1) is 26.9. The fraction of sp³-hybridized carbons (Fsp3) is 0.913. The lowest BCUT2D eigenvalue weighted by Crippen LogP contribution is -2.38. The average Bonchev–Trinajstić information content (AvgIpc) is 2.66. The highest BCUT2D eigenvalue weighted by atomic mass is 16.4. The van der Waals surface area contributed by atoms with Crippen molar-refractivity contribution in [3.05, 3.63) is 0 Å². The summed E-state index contributed by atoms with van der Waals surface area (Å²) in [6, 6.07) is -0.663. The van der Waals surface area contributed by atoms with Crippen molar-refractivity contribution in [3.63, 3.8) is 0 Å². The number of amides is 1. The Labute approximate surface area is 173 Å². The van der Waals surface area contributed by atoms with E-state index in [2.05, 4.69) is 12.2 Å². The molecule has 5 heteroatoms. The number of unbranched alkanes of at least 4 members (excludes halogenated alkanes) is 15. The van der Waals surface area contributed by atoms with Crippen LogP contribution in [0, 0.1) is 0 Å². The monoisotopic (exact) mass is 398 g/mol. The van der Waals surface area contributed by atoms with Gasteiger partial charge in [-0.1, -0.05) is 103 Å². The van der Waals surface area contributed by atoms with Crippen molar-refractivity contribution in [2.75, 3.05) is 6.54 Å². The lowest BCUT2D eigenvalue weighted by Gasteiger charge is -2.13. The Morgan fingerprint density at radius 2 is 1.14 bits per heavy atom. The molecule has 0 aliphatic carbocycles. The van der Waals surface area contributed by atoms with Crippen LogP contribution in [0.25, 0.3) is 0 Å². The number of carboxylic acid groups (broad SMARTS) is 1. The lowest BCUT2D eigenvalue weighted by atomic mass is 10.0. The molecule has 4 N–H and O–H groups in total. The van der Waals surface area contributed by atoms with Crippen molar-refractivity contribution in [3.8, 4) is 0 Å². The van der Waals surface area contributed by atoms with Crippen molar-refractivity contribution < 1.29 is 14.7 Å². The maximum absolute atomic E-state index is 11.1. The zero-order chi connectivity index (χ0) is 20.9. The highest BCUT2D eigenvalue weighted by Gasteiger charge is 2.16. The van der Waals surface area contributed by atoms with Crippen LogP contribution in [0.2, 0.25) is 0 Å². The zero-order valence-corrected chi connectivity index (χ0v) is 18.4. The highest BCUT2D eigenvalue weighted by Crippen LogP contribution is 2.13. The summed E-state index contributed by atoms with van der Waals surface area (Å²) in [5.74, 6) is -1.35. The molecule has 0 heterocycles. The number of carbonyl (C=O) groups is 2. The fourth-order valence-electron chi connectivity index (χ4n) is 3.55. The zero-order valence-electron chi connectivity index (χ0n) is 18.4. The number of hydrogen-bond donors (Lipinski definition) is 3. The van der Waals surface area contributed by atoms with Gasteiger partial charge >= 0.3 is 5.97 Å². The van der Waals surface area contributed by atoms with E-state index in [1.165, 1.54) is 89.9 Å². The summed E-state index contributed by atoms with van der Waals surface area (Å²) in [5, 5.41) is 12.1. The molecule has 0 aromatic rings. The van der Waals surface area contributed by atoms with Crippen molar-refractivity contribution in [2.45, 2.75) is 129 Å². The topological polar surface area (TPSA) is 92.4 Å². The molecule has 166 valence electrons. The minimum absolute atomic E-state index is 0.114. The number of aliphatic carboxylic acids is 1. The second-order valence-electron chi connectivity index (χ2n) is 8.15. The number of hydrogen-bond acceptors (Lipinski definition) is 3. The van der Waals surface area contributed by atoms with E-state index in [0.717, 1.165) is 12.8 Å². The summed E-state index contributed by atoms with van der Waals surface area (Å²) in [5.41, 5.74) is 5.08. The molecule has 1 amide bonds. The SMILES string of the molecule is CCCCCCCCCCCCCCCCCCNC(CCC(N)=O)C(=O)O. The molecule has 5 nitrogen and oxygen atoms in total. The third-order valence-corrected chi connectivity index (χ3v) is 5.40. The van der Waals surface area contributed by atoms with Gasteiger partial charge in [0.15, 0.2) is 0 Å². The molecule has 0 radical (unpaired) electrons. The molecule has 28 heavy (non-hydrogen) atoms. The molecule has 0 fully saturated rings. The average molecular weight is 399 g/mol. The first-order valence-electron chi connectivity index (χ1n) is 11.8. The van der Waals surface area contributed by atoms with Crippen LogP contribution in [-0.4, -0.2) is 29.6 Å². The van der Waals surface area contributed by atoms with Crippen LogP contribution in [0.4, 0.5) is 0 Å². The lowest BCUT2D eigenvalue weighted by molar-refractivity contribution is -0.139. The predicted molar refractivity (Wildman–Crippen MR) is 117 cm³/mol. The smallest absolute Gasteiger partial charge is 0.320 e. The number of nitrogens with one attached hydrogen (secondary N) is 1. The van der Waals surface area contributed by atoms with E-state index >= 15 is 0 Å². The third kappa shape index (κ3) is 19.7. The van der Waals surface area contributed by atoms with Crippen molar-refractivity contribution in [2.24, 2.45) is 5.73 Å². The van der Waals surface area contributed by atoms with Gasteiger partial charge in [0.25, 0.3) is 0 Å². The van der Waals surface area contributed by atoms with Gasteiger partial charge in [-0.3, -0.25) is 9.59 Å². The van der Waals surface area contributed by atoms with Crippen LogP contribution in [0.1, 0.15) is 122 Å². The first-order valence-corrected chi connectivity index (χ1v) is 11.8. The van der Waals surface area contributed by atoms with E-state index in [1.807, 2.05) is 0 Å². The summed E-state index contributed by atoms with van der Waals surface area (Å²) in [6.45, 7) is 2.96. The van der Waals surface area contributed by atoms with Crippen LogP contribution < -0.4 is 11.1 Å². The van der Waals surface area contributed by atoms with Crippen LogP contribution in [-0.2, 0) is 9.59 Å². The summed E-state index contributed by atoms with van der Waals surface area (Å²) in [6.07, 6.45) is 21.7. The highest BCUT2D eigenvalue weighted by molar-refractivity contribution is 5.77. The molecule has 0 saturated carbocycles. The second kappa shape index (κ2) is 20.6. The van der Waals surface area contributed by atoms with Gasteiger partial charge in [0.1, 0.15) is 6.04 Å². The Morgan fingerprint density at radius 3 is 1.50 bits per heavy atom. The quantitative estimate of drug-likeness (QED) is 0.208. The number of rotatable bonds is 22. The molecule has 0 aromatic heterocycles. The molecule has 1 unspecified atom stereocenters. The Bertz CT molecular complexity index is 375. The van der Waals surface area contributed by atoms with E-state index in [0.29, 0.717) is 6.54 Å². The van der Waals surface area contributed by atoms with Crippen molar-refractivity contribution in [1.82, 2.24) is 5.32 Å². The number of nitrogens with two attached hydrogens (primary N) is 1. The Hall–Kier alpha value is -1.10. The van der Waals surface area contributed by atoms with Gasteiger partial charge in [0.2, 0.25) is 5.91 Å². The van der Waals surface area contributed by atoms with E-state index in [4.69, 9.17) is 10.8 Å². The summed E-state index contributed by atoms with van der Waals surface area (Å²) in [4.78, 5) is 21.9. The Morgan fingerprint density at radius 1 is 0.750 bits per heavy atom. The molecule has 0 saturated heterocycles. The summed E-state index contributed by atoms with van der Waals surface area (Å²) in [7, 11) is 0. The number of carboxylic acids is 1. The normalized spacial score (nSPS) is 12.2. The van der Waals surface area contributed by atoms with Crippen LogP contribution in [0.5, 0.6) is 0 Å². The molecular formula is C23H46N2O3. The van der Waals surface area contributed by atoms with Gasteiger partial charge in [0.05, 0.1) is 0 Å². The van der Waals surface area contributed by atoms with E-state index in [9.17, 15) is 9.59 Å².